The molecule has 49 valence electrons. The van der Waals surface area contributed by atoms with Crippen LogP contribution in [0, 0.1) is 6.07 Å². The SMILES string of the molecule is Brc1cc2[c]cccc2[nH]1. The smallest absolute Gasteiger partial charge is 0.0831 e. The molecule has 0 aliphatic carbocycles. The lowest BCUT2D eigenvalue weighted by atomic mass is 10.3. The Bertz CT molecular complexity index is 318. The number of benzene rings is 1. The molecule has 1 N–H and O–H groups in total. The van der Waals surface area contributed by atoms with Gasteiger partial charge in [0.25, 0.3) is 0 Å². The molecule has 1 radical (unpaired) electrons. The number of fused-ring (bicyclic) bond motifs is 1. The topological polar surface area (TPSA) is 15.8 Å². The highest BCUT2D eigenvalue weighted by atomic mass is 79.9. The summed E-state index contributed by atoms with van der Waals surface area (Å²) in [6.07, 6.45) is 0. The molecule has 1 aromatic heterocycles. The summed E-state index contributed by atoms with van der Waals surface area (Å²) in [7, 11) is 0. The molecule has 0 atom stereocenters. The van der Waals surface area contributed by atoms with Gasteiger partial charge in [0.1, 0.15) is 0 Å². The summed E-state index contributed by atoms with van der Waals surface area (Å²) < 4.78 is 1.00. The van der Waals surface area contributed by atoms with Crippen molar-refractivity contribution in [2.75, 3.05) is 0 Å². The van der Waals surface area contributed by atoms with Gasteiger partial charge in [0.15, 0.2) is 0 Å². The predicted octanol–water partition coefficient (Wildman–Crippen LogP) is 2.73. The minimum absolute atomic E-state index is 1.00. The minimum atomic E-state index is 1.00. The summed E-state index contributed by atoms with van der Waals surface area (Å²) in [6.45, 7) is 0. The standard InChI is InChI=1S/C8H5BrN/c9-8-5-6-3-1-2-4-7(6)10-8/h1-2,4-5,10H. The molecule has 0 saturated carbocycles. The zero-order valence-corrected chi connectivity index (χ0v) is 6.77. The molecule has 1 nitrogen and oxygen atoms in total. The van der Waals surface area contributed by atoms with Gasteiger partial charge < -0.3 is 4.98 Å². The van der Waals surface area contributed by atoms with Gasteiger partial charge >= 0.3 is 0 Å². The average molecular weight is 195 g/mol. The minimum Gasteiger partial charge on any atom is -0.349 e. The van der Waals surface area contributed by atoms with E-state index in [1.165, 1.54) is 0 Å². The molecular formula is C8H5BrN. The van der Waals surface area contributed by atoms with E-state index in [1.807, 2.05) is 24.3 Å². The van der Waals surface area contributed by atoms with Crippen LogP contribution in [0.3, 0.4) is 0 Å². The van der Waals surface area contributed by atoms with E-state index in [0.717, 1.165) is 15.5 Å². The Labute approximate surface area is 67.2 Å². The first kappa shape index (κ1) is 5.98. The third-order valence-electron chi connectivity index (χ3n) is 1.41. The maximum absolute atomic E-state index is 3.35. The van der Waals surface area contributed by atoms with E-state index in [1.54, 1.807) is 0 Å². The van der Waals surface area contributed by atoms with Gasteiger partial charge in [0.05, 0.1) is 4.60 Å². The zero-order chi connectivity index (χ0) is 6.97. The lowest BCUT2D eigenvalue weighted by Crippen LogP contribution is -1.63. The van der Waals surface area contributed by atoms with Crippen LogP contribution >= 0.6 is 15.9 Å². The maximum Gasteiger partial charge on any atom is 0.0831 e. The summed E-state index contributed by atoms with van der Waals surface area (Å²) in [4.78, 5) is 3.14. The molecule has 0 spiro atoms. The monoisotopic (exact) mass is 194 g/mol. The van der Waals surface area contributed by atoms with Crippen LogP contribution in [0.1, 0.15) is 0 Å². The van der Waals surface area contributed by atoms with Crippen LogP contribution in [0.25, 0.3) is 10.9 Å². The number of aromatic nitrogens is 1. The normalized spacial score (nSPS) is 10.5. The van der Waals surface area contributed by atoms with Crippen molar-refractivity contribution >= 4 is 26.8 Å². The van der Waals surface area contributed by atoms with E-state index in [9.17, 15) is 0 Å². The number of H-pyrrole nitrogens is 1. The van der Waals surface area contributed by atoms with E-state index in [4.69, 9.17) is 0 Å². The van der Waals surface area contributed by atoms with Crippen molar-refractivity contribution in [3.05, 3.63) is 34.9 Å². The number of hydrogen-bond acceptors (Lipinski definition) is 0. The molecule has 0 aliphatic heterocycles. The van der Waals surface area contributed by atoms with Gasteiger partial charge in [-0.3, -0.25) is 0 Å². The van der Waals surface area contributed by atoms with Crippen molar-refractivity contribution in [3.8, 4) is 0 Å². The average Bonchev–Trinajstić information content (AvgIpc) is 2.27. The molecular weight excluding hydrogens is 190 g/mol. The summed E-state index contributed by atoms with van der Waals surface area (Å²) >= 11 is 3.35. The van der Waals surface area contributed by atoms with Gasteiger partial charge in [-0.05, 0) is 34.1 Å². The molecule has 0 saturated heterocycles. The third kappa shape index (κ3) is 0.847. The van der Waals surface area contributed by atoms with Gasteiger partial charge in [-0.1, -0.05) is 12.1 Å². The van der Waals surface area contributed by atoms with E-state index < -0.39 is 0 Å². The van der Waals surface area contributed by atoms with Crippen LogP contribution in [0.2, 0.25) is 0 Å². The van der Waals surface area contributed by atoms with E-state index in [-0.39, 0.29) is 0 Å². The second-order valence-electron chi connectivity index (χ2n) is 2.11. The van der Waals surface area contributed by atoms with E-state index in [2.05, 4.69) is 27.0 Å². The number of hydrogen-bond donors (Lipinski definition) is 1. The summed E-state index contributed by atoms with van der Waals surface area (Å²) in [6, 6.07) is 11.0. The van der Waals surface area contributed by atoms with Crippen molar-refractivity contribution in [1.29, 1.82) is 0 Å². The Hall–Kier alpha value is -0.760. The Morgan fingerprint density at radius 3 is 3.20 bits per heavy atom. The molecule has 2 aromatic rings. The number of halogens is 1. The molecule has 0 unspecified atom stereocenters. The predicted molar refractivity (Wildman–Crippen MR) is 44.8 cm³/mol. The number of aromatic amines is 1. The fourth-order valence-electron chi connectivity index (χ4n) is 0.970. The first-order valence-electron chi connectivity index (χ1n) is 3.01. The summed E-state index contributed by atoms with van der Waals surface area (Å²) in [5.74, 6) is 0. The van der Waals surface area contributed by atoms with Gasteiger partial charge in [-0.2, -0.15) is 0 Å². The van der Waals surface area contributed by atoms with Crippen LogP contribution in [0.15, 0.2) is 28.9 Å². The molecule has 2 rings (SSSR count). The summed E-state index contributed by atoms with van der Waals surface area (Å²) in [5.41, 5.74) is 1.12. The molecule has 0 amide bonds. The molecule has 0 aliphatic rings. The highest BCUT2D eigenvalue weighted by Gasteiger charge is 1.94. The fourth-order valence-corrected chi connectivity index (χ4v) is 1.41. The lowest BCUT2D eigenvalue weighted by Gasteiger charge is -1.82. The third-order valence-corrected chi connectivity index (χ3v) is 1.84. The van der Waals surface area contributed by atoms with Crippen molar-refractivity contribution in [2.24, 2.45) is 0 Å². The van der Waals surface area contributed by atoms with Crippen LogP contribution in [0.4, 0.5) is 0 Å². The van der Waals surface area contributed by atoms with Crippen molar-refractivity contribution in [1.82, 2.24) is 4.98 Å². The highest BCUT2D eigenvalue weighted by molar-refractivity contribution is 9.10. The van der Waals surface area contributed by atoms with Crippen LogP contribution in [-0.2, 0) is 0 Å². The Kier molecular flexibility index (Phi) is 1.27. The summed E-state index contributed by atoms with van der Waals surface area (Å²) in [5, 5.41) is 1.12. The molecule has 2 heteroatoms. The van der Waals surface area contributed by atoms with Crippen LogP contribution in [-0.4, -0.2) is 4.98 Å². The maximum atomic E-state index is 3.35. The molecule has 0 bridgehead atoms. The van der Waals surface area contributed by atoms with Gasteiger partial charge in [-0.15, -0.1) is 0 Å². The second kappa shape index (κ2) is 2.13. The van der Waals surface area contributed by atoms with Crippen molar-refractivity contribution in [2.45, 2.75) is 0 Å². The van der Waals surface area contributed by atoms with Crippen molar-refractivity contribution < 1.29 is 0 Å². The quantitative estimate of drug-likeness (QED) is 0.665. The first-order chi connectivity index (χ1) is 4.86. The number of rotatable bonds is 0. The van der Waals surface area contributed by atoms with Gasteiger partial charge in [0, 0.05) is 10.9 Å². The van der Waals surface area contributed by atoms with Crippen LogP contribution < -0.4 is 0 Å². The first-order valence-corrected chi connectivity index (χ1v) is 3.80. The van der Waals surface area contributed by atoms with Gasteiger partial charge in [-0.25, -0.2) is 0 Å². The van der Waals surface area contributed by atoms with E-state index in [0.29, 0.717) is 0 Å². The molecule has 1 aromatic carbocycles. The number of nitrogens with one attached hydrogen (secondary N) is 1. The Morgan fingerprint density at radius 2 is 2.40 bits per heavy atom. The molecule has 1 heterocycles. The lowest BCUT2D eigenvalue weighted by molar-refractivity contribution is 1.41. The Balaban J connectivity index is 2.88. The largest absolute Gasteiger partial charge is 0.349 e. The Morgan fingerprint density at radius 1 is 1.50 bits per heavy atom. The second-order valence-corrected chi connectivity index (χ2v) is 2.97. The van der Waals surface area contributed by atoms with Gasteiger partial charge in [0.2, 0.25) is 0 Å². The highest BCUT2D eigenvalue weighted by Crippen LogP contribution is 2.17. The zero-order valence-electron chi connectivity index (χ0n) is 5.19. The molecule has 0 fully saturated rings. The van der Waals surface area contributed by atoms with E-state index >= 15 is 0 Å². The fraction of sp³-hybridized carbons (Fsp3) is 0. The van der Waals surface area contributed by atoms with Crippen molar-refractivity contribution in [3.63, 3.8) is 0 Å². The van der Waals surface area contributed by atoms with Crippen LogP contribution in [0.5, 0.6) is 0 Å². The molecule has 10 heavy (non-hydrogen) atoms.